The summed E-state index contributed by atoms with van der Waals surface area (Å²) >= 11 is 3.49. The van der Waals surface area contributed by atoms with Crippen molar-refractivity contribution in [3.05, 3.63) is 82.3 Å². The predicted octanol–water partition coefficient (Wildman–Crippen LogP) is 4.99. The highest BCUT2D eigenvalue weighted by atomic mass is 79.9. The number of hydrogen-bond donors (Lipinski definition) is 4. The van der Waals surface area contributed by atoms with Crippen LogP contribution in [0.3, 0.4) is 0 Å². The first-order chi connectivity index (χ1) is 13.2. The predicted molar refractivity (Wildman–Crippen MR) is 104 cm³/mol. The first kappa shape index (κ1) is 19.3. The lowest BCUT2D eigenvalue weighted by atomic mass is 10.2. The molecule has 0 saturated carbocycles. The monoisotopic (exact) mass is 430 g/mol. The van der Waals surface area contributed by atoms with Gasteiger partial charge in [-0.25, -0.2) is 11.0 Å². The Bertz CT molecular complexity index is 870. The molecule has 0 unspecified atom stereocenters. The Hall–Kier alpha value is -2.42. The van der Waals surface area contributed by atoms with Crippen LogP contribution in [0.4, 0.5) is 0 Å². The Morgan fingerprint density at radius 1 is 0.667 bits per heavy atom. The van der Waals surface area contributed by atoms with Crippen molar-refractivity contribution in [3.8, 4) is 23.0 Å². The molecule has 0 spiro atoms. The van der Waals surface area contributed by atoms with Gasteiger partial charge < -0.3 is 19.9 Å². The number of rotatable bonds is 8. The van der Waals surface area contributed by atoms with E-state index in [4.69, 9.17) is 19.9 Å². The van der Waals surface area contributed by atoms with E-state index in [0.717, 1.165) is 15.6 Å². The fourth-order valence-corrected chi connectivity index (χ4v) is 2.75. The summed E-state index contributed by atoms with van der Waals surface area (Å²) in [6.07, 6.45) is 0. The molecule has 0 aliphatic carbocycles. The summed E-state index contributed by atoms with van der Waals surface area (Å²) in [5.41, 5.74) is 6.14. The third-order valence-electron chi connectivity index (χ3n) is 3.78. The maximum absolute atomic E-state index is 8.74. The molecule has 0 aromatic heterocycles. The van der Waals surface area contributed by atoms with Gasteiger partial charge in [-0.15, -0.1) is 0 Å². The van der Waals surface area contributed by atoms with E-state index in [1.54, 1.807) is 6.07 Å². The van der Waals surface area contributed by atoms with Gasteiger partial charge in [-0.2, -0.15) is 0 Å². The Balaban J connectivity index is 1.71. The standard InChI is InChI=1S/C20H19BrN2O4/c21-19-10-9-18(26-16-5-1-14(2-6-16)12-22-24)11-20(19)27-17-7-3-15(4-8-17)13-23-25/h1-11,22-25H,12-13H2. The van der Waals surface area contributed by atoms with Crippen molar-refractivity contribution in [1.82, 2.24) is 11.0 Å². The molecule has 3 aromatic carbocycles. The van der Waals surface area contributed by atoms with Crippen molar-refractivity contribution in [2.45, 2.75) is 13.1 Å². The van der Waals surface area contributed by atoms with Gasteiger partial charge in [-0.1, -0.05) is 24.3 Å². The zero-order chi connectivity index (χ0) is 19.1. The third kappa shape index (κ3) is 5.53. The summed E-state index contributed by atoms with van der Waals surface area (Å²) in [5, 5.41) is 17.5. The Morgan fingerprint density at radius 2 is 1.15 bits per heavy atom. The minimum atomic E-state index is 0.375. The largest absolute Gasteiger partial charge is 0.457 e. The molecule has 27 heavy (non-hydrogen) atoms. The lowest BCUT2D eigenvalue weighted by molar-refractivity contribution is 0.161. The molecule has 0 amide bonds. The van der Waals surface area contributed by atoms with Crippen molar-refractivity contribution in [3.63, 3.8) is 0 Å². The van der Waals surface area contributed by atoms with Crippen molar-refractivity contribution in [1.29, 1.82) is 0 Å². The van der Waals surface area contributed by atoms with Crippen LogP contribution >= 0.6 is 15.9 Å². The van der Waals surface area contributed by atoms with Crippen molar-refractivity contribution >= 4 is 15.9 Å². The SMILES string of the molecule is ONCc1ccc(Oc2ccc(Br)c(Oc3ccc(CNO)cc3)c2)cc1. The lowest BCUT2D eigenvalue weighted by Gasteiger charge is -2.12. The molecule has 3 rings (SSSR count). The zero-order valence-electron chi connectivity index (χ0n) is 14.4. The molecule has 7 heteroatoms. The first-order valence-electron chi connectivity index (χ1n) is 8.25. The number of benzene rings is 3. The van der Waals surface area contributed by atoms with Crippen LogP contribution < -0.4 is 20.4 Å². The highest BCUT2D eigenvalue weighted by Crippen LogP contribution is 2.34. The molecule has 4 N–H and O–H groups in total. The molecule has 6 nitrogen and oxygen atoms in total. The summed E-state index contributed by atoms with van der Waals surface area (Å²) in [5.74, 6) is 2.63. The van der Waals surface area contributed by atoms with Crippen molar-refractivity contribution in [2.75, 3.05) is 0 Å². The Kier molecular flexibility index (Phi) is 6.80. The molecule has 0 heterocycles. The van der Waals surface area contributed by atoms with Gasteiger partial charge in [0.15, 0.2) is 0 Å². The Morgan fingerprint density at radius 3 is 1.67 bits per heavy atom. The number of nitrogens with one attached hydrogen (secondary N) is 2. The van der Waals surface area contributed by atoms with Gasteiger partial charge in [-0.05, 0) is 63.5 Å². The van der Waals surface area contributed by atoms with E-state index in [1.165, 1.54) is 0 Å². The van der Waals surface area contributed by atoms with Gasteiger partial charge in [0.1, 0.15) is 23.0 Å². The van der Waals surface area contributed by atoms with Gasteiger partial charge in [0.05, 0.1) is 4.47 Å². The number of hydroxylamine groups is 2. The molecule has 0 radical (unpaired) electrons. The summed E-state index contributed by atoms with van der Waals surface area (Å²) in [6.45, 7) is 0.754. The van der Waals surface area contributed by atoms with Gasteiger partial charge in [0.2, 0.25) is 0 Å². The summed E-state index contributed by atoms with van der Waals surface area (Å²) in [6, 6.07) is 20.3. The van der Waals surface area contributed by atoms with Gasteiger partial charge >= 0.3 is 0 Å². The van der Waals surface area contributed by atoms with Crippen LogP contribution in [0.25, 0.3) is 0 Å². The van der Waals surface area contributed by atoms with E-state index in [9.17, 15) is 0 Å². The van der Waals surface area contributed by atoms with E-state index in [2.05, 4.69) is 26.9 Å². The first-order valence-corrected chi connectivity index (χ1v) is 9.04. The molecule has 0 atom stereocenters. The average Bonchev–Trinajstić information content (AvgIpc) is 2.68. The molecule has 0 saturated heterocycles. The van der Waals surface area contributed by atoms with E-state index in [0.29, 0.717) is 36.1 Å². The zero-order valence-corrected chi connectivity index (χ0v) is 15.9. The van der Waals surface area contributed by atoms with Crippen LogP contribution in [0.5, 0.6) is 23.0 Å². The van der Waals surface area contributed by atoms with Gasteiger partial charge in [0, 0.05) is 19.2 Å². The smallest absolute Gasteiger partial charge is 0.145 e. The molecule has 0 bridgehead atoms. The average molecular weight is 431 g/mol. The van der Waals surface area contributed by atoms with Crippen molar-refractivity contribution < 1.29 is 19.9 Å². The maximum atomic E-state index is 8.74. The molecule has 0 aliphatic rings. The van der Waals surface area contributed by atoms with Crippen LogP contribution in [0.2, 0.25) is 0 Å². The van der Waals surface area contributed by atoms with E-state index < -0.39 is 0 Å². The molecular formula is C20H19BrN2O4. The molecular weight excluding hydrogens is 412 g/mol. The van der Waals surface area contributed by atoms with Gasteiger partial charge in [-0.3, -0.25) is 0 Å². The fourth-order valence-electron chi connectivity index (χ4n) is 2.42. The summed E-state index contributed by atoms with van der Waals surface area (Å²) < 4.78 is 12.6. The normalized spacial score (nSPS) is 10.6. The lowest BCUT2D eigenvalue weighted by Crippen LogP contribution is -2.05. The number of hydrogen-bond acceptors (Lipinski definition) is 6. The van der Waals surface area contributed by atoms with Crippen LogP contribution in [-0.2, 0) is 13.1 Å². The minimum Gasteiger partial charge on any atom is -0.457 e. The van der Waals surface area contributed by atoms with Crippen molar-refractivity contribution in [2.24, 2.45) is 0 Å². The molecule has 3 aromatic rings. The molecule has 0 aliphatic heterocycles. The second kappa shape index (κ2) is 9.50. The third-order valence-corrected chi connectivity index (χ3v) is 4.43. The second-order valence-electron chi connectivity index (χ2n) is 5.75. The maximum Gasteiger partial charge on any atom is 0.145 e. The highest BCUT2D eigenvalue weighted by molar-refractivity contribution is 9.10. The van der Waals surface area contributed by atoms with Crippen LogP contribution in [0.1, 0.15) is 11.1 Å². The van der Waals surface area contributed by atoms with Crippen LogP contribution in [-0.4, -0.2) is 10.4 Å². The summed E-state index contributed by atoms with van der Waals surface area (Å²) in [4.78, 5) is 0. The second-order valence-corrected chi connectivity index (χ2v) is 6.61. The van der Waals surface area contributed by atoms with Crippen LogP contribution in [0.15, 0.2) is 71.2 Å². The van der Waals surface area contributed by atoms with E-state index in [1.807, 2.05) is 60.7 Å². The topological polar surface area (TPSA) is 83.0 Å². The highest BCUT2D eigenvalue weighted by Gasteiger charge is 2.07. The van der Waals surface area contributed by atoms with E-state index >= 15 is 0 Å². The van der Waals surface area contributed by atoms with E-state index in [-0.39, 0.29) is 0 Å². The minimum absolute atomic E-state index is 0.375. The summed E-state index contributed by atoms with van der Waals surface area (Å²) in [7, 11) is 0. The van der Waals surface area contributed by atoms with Gasteiger partial charge in [0.25, 0.3) is 0 Å². The number of ether oxygens (including phenoxy) is 2. The van der Waals surface area contributed by atoms with Crippen LogP contribution in [0, 0.1) is 0 Å². The quantitative estimate of drug-likeness (QED) is 0.376. The Labute approximate surface area is 165 Å². The number of halogens is 1. The molecule has 140 valence electrons. The fraction of sp³-hybridized carbons (Fsp3) is 0.100. The molecule has 0 fully saturated rings.